The number of sulfonamides is 1. The molecule has 0 aliphatic heterocycles. The zero-order valence-electron chi connectivity index (χ0n) is 10.6. The number of pyridine rings is 1. The van der Waals surface area contributed by atoms with Crippen molar-refractivity contribution in [3.63, 3.8) is 0 Å². The van der Waals surface area contributed by atoms with Crippen molar-refractivity contribution >= 4 is 32.4 Å². The topological polar surface area (TPSA) is 50.3 Å². The number of alkyl halides is 1. The number of fused-ring (bicyclic) bond motifs is 1. The van der Waals surface area contributed by atoms with Crippen molar-refractivity contribution in [2.75, 3.05) is 19.5 Å². The van der Waals surface area contributed by atoms with Gasteiger partial charge in [0.15, 0.2) is 0 Å². The number of benzene rings is 1. The van der Waals surface area contributed by atoms with E-state index < -0.39 is 10.0 Å². The van der Waals surface area contributed by atoms with Crippen LogP contribution in [-0.2, 0) is 10.0 Å². The highest BCUT2D eigenvalue weighted by atomic mass is 35.5. The van der Waals surface area contributed by atoms with Crippen molar-refractivity contribution in [3.05, 3.63) is 36.7 Å². The normalized spacial score (nSPS) is 12.2. The van der Waals surface area contributed by atoms with Crippen LogP contribution in [0.4, 0.5) is 0 Å². The lowest BCUT2D eigenvalue weighted by Gasteiger charge is -2.17. The molecular weight excluding hydrogens is 284 g/mol. The molecule has 1 aromatic heterocycles. The second-order valence-corrected chi connectivity index (χ2v) is 6.61. The number of hydrogen-bond acceptors (Lipinski definition) is 3. The molecule has 0 fully saturated rings. The smallest absolute Gasteiger partial charge is 0.243 e. The molecule has 0 unspecified atom stereocenters. The third-order valence-corrected chi connectivity index (χ3v) is 5.12. The standard InChI is InChI=1S/C13H15ClN2O2S/c1-16(9-3-7-14)19(17,18)13-5-2-4-11-10-15-8-6-12(11)13/h2,4-6,8,10H,3,7,9H2,1H3. The Balaban J connectivity index is 2.49. The minimum Gasteiger partial charge on any atom is -0.264 e. The molecule has 0 atom stereocenters. The molecule has 19 heavy (non-hydrogen) atoms. The summed E-state index contributed by atoms with van der Waals surface area (Å²) in [7, 11) is -1.92. The molecular formula is C13H15ClN2O2S. The van der Waals surface area contributed by atoms with Gasteiger partial charge in [-0.05, 0) is 18.6 Å². The van der Waals surface area contributed by atoms with E-state index in [1.807, 2.05) is 6.07 Å². The van der Waals surface area contributed by atoms with E-state index in [0.717, 1.165) is 5.39 Å². The van der Waals surface area contributed by atoms with Crippen LogP contribution >= 0.6 is 11.6 Å². The molecule has 102 valence electrons. The van der Waals surface area contributed by atoms with Crippen LogP contribution in [-0.4, -0.2) is 37.2 Å². The quantitative estimate of drug-likeness (QED) is 0.797. The fourth-order valence-electron chi connectivity index (χ4n) is 1.89. The van der Waals surface area contributed by atoms with E-state index in [-0.39, 0.29) is 0 Å². The Labute approximate surface area is 118 Å². The first-order valence-electron chi connectivity index (χ1n) is 5.92. The van der Waals surface area contributed by atoms with Crippen molar-refractivity contribution in [2.45, 2.75) is 11.3 Å². The SMILES string of the molecule is CN(CCCCl)S(=O)(=O)c1cccc2cnccc12. The summed E-state index contributed by atoms with van der Waals surface area (Å²) < 4.78 is 26.4. The van der Waals surface area contributed by atoms with E-state index in [2.05, 4.69) is 4.98 Å². The Hall–Kier alpha value is -1.17. The zero-order chi connectivity index (χ0) is 13.9. The van der Waals surface area contributed by atoms with Crippen LogP contribution in [0.25, 0.3) is 10.8 Å². The summed E-state index contributed by atoms with van der Waals surface area (Å²) in [6, 6.07) is 6.92. The van der Waals surface area contributed by atoms with E-state index in [9.17, 15) is 8.42 Å². The van der Waals surface area contributed by atoms with Crippen molar-refractivity contribution in [1.82, 2.24) is 9.29 Å². The summed E-state index contributed by atoms with van der Waals surface area (Å²) in [4.78, 5) is 4.31. The highest BCUT2D eigenvalue weighted by Crippen LogP contribution is 2.24. The van der Waals surface area contributed by atoms with Crippen LogP contribution in [0.2, 0.25) is 0 Å². The first-order valence-corrected chi connectivity index (χ1v) is 7.90. The van der Waals surface area contributed by atoms with Crippen LogP contribution in [0.3, 0.4) is 0 Å². The third kappa shape index (κ3) is 2.88. The first-order chi connectivity index (χ1) is 9.07. The molecule has 0 aliphatic rings. The van der Waals surface area contributed by atoms with Gasteiger partial charge >= 0.3 is 0 Å². The van der Waals surface area contributed by atoms with Crippen molar-refractivity contribution in [2.24, 2.45) is 0 Å². The molecule has 0 aliphatic carbocycles. The van der Waals surface area contributed by atoms with Crippen LogP contribution in [0, 0.1) is 0 Å². The molecule has 0 radical (unpaired) electrons. The first kappa shape index (κ1) is 14.2. The molecule has 6 heteroatoms. The zero-order valence-corrected chi connectivity index (χ0v) is 12.2. The van der Waals surface area contributed by atoms with Gasteiger partial charge in [0, 0.05) is 42.6 Å². The predicted molar refractivity (Wildman–Crippen MR) is 76.9 cm³/mol. The Bertz CT molecular complexity index is 668. The van der Waals surface area contributed by atoms with Gasteiger partial charge in [-0.3, -0.25) is 4.98 Å². The molecule has 2 aromatic rings. The molecule has 0 N–H and O–H groups in total. The molecule has 2 rings (SSSR count). The minimum atomic E-state index is -3.49. The van der Waals surface area contributed by atoms with Crippen LogP contribution in [0.1, 0.15) is 6.42 Å². The summed E-state index contributed by atoms with van der Waals surface area (Å²) in [5, 5.41) is 1.50. The van der Waals surface area contributed by atoms with Crippen molar-refractivity contribution in [1.29, 1.82) is 0 Å². The average molecular weight is 299 g/mol. The van der Waals surface area contributed by atoms with E-state index in [1.54, 1.807) is 37.6 Å². The van der Waals surface area contributed by atoms with Crippen molar-refractivity contribution in [3.8, 4) is 0 Å². The molecule has 1 heterocycles. The van der Waals surface area contributed by atoms with Gasteiger partial charge in [-0.15, -0.1) is 11.6 Å². The van der Waals surface area contributed by atoms with Crippen LogP contribution < -0.4 is 0 Å². The Morgan fingerprint density at radius 3 is 2.84 bits per heavy atom. The number of hydrogen-bond donors (Lipinski definition) is 0. The van der Waals surface area contributed by atoms with Gasteiger partial charge in [0.2, 0.25) is 10.0 Å². The fourth-order valence-corrected chi connectivity index (χ4v) is 3.43. The Morgan fingerprint density at radius 2 is 2.11 bits per heavy atom. The second kappa shape index (κ2) is 5.86. The third-order valence-electron chi connectivity index (χ3n) is 2.94. The monoisotopic (exact) mass is 298 g/mol. The Morgan fingerprint density at radius 1 is 1.32 bits per heavy atom. The summed E-state index contributed by atoms with van der Waals surface area (Å²) in [5.74, 6) is 0.444. The molecule has 0 amide bonds. The highest BCUT2D eigenvalue weighted by molar-refractivity contribution is 7.89. The van der Waals surface area contributed by atoms with Crippen LogP contribution in [0.15, 0.2) is 41.6 Å². The van der Waals surface area contributed by atoms with Gasteiger partial charge in [0.25, 0.3) is 0 Å². The van der Waals surface area contributed by atoms with E-state index in [4.69, 9.17) is 11.6 Å². The molecule has 0 saturated heterocycles. The van der Waals surface area contributed by atoms with E-state index in [1.165, 1.54) is 4.31 Å². The minimum absolute atomic E-state index is 0.310. The summed E-state index contributed by atoms with van der Waals surface area (Å²) in [6.45, 7) is 0.410. The van der Waals surface area contributed by atoms with Gasteiger partial charge in [0.1, 0.15) is 0 Å². The van der Waals surface area contributed by atoms with Crippen molar-refractivity contribution < 1.29 is 8.42 Å². The maximum atomic E-state index is 12.5. The largest absolute Gasteiger partial charge is 0.264 e. The molecule has 4 nitrogen and oxygen atoms in total. The van der Waals surface area contributed by atoms with Gasteiger partial charge < -0.3 is 0 Å². The average Bonchev–Trinajstić information content (AvgIpc) is 2.43. The summed E-state index contributed by atoms with van der Waals surface area (Å²) in [6.07, 6.45) is 3.89. The molecule has 0 spiro atoms. The van der Waals surface area contributed by atoms with Gasteiger partial charge in [0.05, 0.1) is 4.90 Å². The lowest BCUT2D eigenvalue weighted by molar-refractivity contribution is 0.470. The fraction of sp³-hybridized carbons (Fsp3) is 0.308. The highest BCUT2D eigenvalue weighted by Gasteiger charge is 2.22. The summed E-state index contributed by atoms with van der Waals surface area (Å²) >= 11 is 5.61. The molecule has 1 aromatic carbocycles. The molecule has 0 bridgehead atoms. The predicted octanol–water partition coefficient (Wildman–Crippen LogP) is 2.48. The Kier molecular flexibility index (Phi) is 4.39. The van der Waals surface area contributed by atoms with E-state index in [0.29, 0.717) is 29.1 Å². The number of aromatic nitrogens is 1. The van der Waals surface area contributed by atoms with Crippen LogP contribution in [0.5, 0.6) is 0 Å². The van der Waals surface area contributed by atoms with E-state index >= 15 is 0 Å². The number of nitrogens with zero attached hydrogens (tertiary/aromatic N) is 2. The van der Waals surface area contributed by atoms with Gasteiger partial charge in [-0.2, -0.15) is 0 Å². The lowest BCUT2D eigenvalue weighted by atomic mass is 10.2. The number of rotatable bonds is 5. The molecule has 0 saturated carbocycles. The second-order valence-electron chi connectivity index (χ2n) is 4.22. The summed E-state index contributed by atoms with van der Waals surface area (Å²) in [5.41, 5.74) is 0. The van der Waals surface area contributed by atoms with Gasteiger partial charge in [-0.1, -0.05) is 12.1 Å². The van der Waals surface area contributed by atoms with Gasteiger partial charge in [-0.25, -0.2) is 12.7 Å². The maximum absolute atomic E-state index is 12.5. The maximum Gasteiger partial charge on any atom is 0.243 e. The number of halogens is 1. The lowest BCUT2D eigenvalue weighted by Crippen LogP contribution is -2.28.